The van der Waals surface area contributed by atoms with E-state index in [1.165, 1.54) is 4.68 Å². The van der Waals surface area contributed by atoms with Crippen LogP contribution < -0.4 is 15.0 Å². The highest BCUT2D eigenvalue weighted by molar-refractivity contribution is 9.10. The molecule has 0 saturated heterocycles. The zero-order chi connectivity index (χ0) is 24.1. The highest BCUT2D eigenvalue weighted by Crippen LogP contribution is 2.34. The van der Waals surface area contributed by atoms with Crippen molar-refractivity contribution in [1.29, 1.82) is 0 Å². The summed E-state index contributed by atoms with van der Waals surface area (Å²) in [6.45, 7) is 10.6. The SMILES string of the molecule is CCOc1cc(C=Nn2c([C@H](C)CC)nc3ccc(Br)cc3c2=O)c(Br)cc1O[C@@H](C)CC. The molecule has 0 fully saturated rings. The van der Waals surface area contributed by atoms with E-state index in [1.807, 2.05) is 45.0 Å². The summed E-state index contributed by atoms with van der Waals surface area (Å²) in [5.74, 6) is 2.01. The lowest BCUT2D eigenvalue weighted by Crippen LogP contribution is -2.23. The largest absolute Gasteiger partial charge is 0.490 e. The quantitative estimate of drug-likeness (QED) is 0.259. The number of nitrogens with zero attached hydrogens (tertiary/aromatic N) is 3. The third-order valence-corrected chi connectivity index (χ3v) is 6.64. The number of halogens is 2. The van der Waals surface area contributed by atoms with E-state index in [4.69, 9.17) is 14.5 Å². The minimum absolute atomic E-state index is 0.0651. The smallest absolute Gasteiger partial charge is 0.282 e. The molecule has 1 aromatic heterocycles. The zero-order valence-corrected chi connectivity index (χ0v) is 22.7. The highest BCUT2D eigenvalue weighted by Gasteiger charge is 2.17. The summed E-state index contributed by atoms with van der Waals surface area (Å²) in [5, 5.41) is 5.08. The Morgan fingerprint density at radius 3 is 2.52 bits per heavy atom. The number of rotatable bonds is 9. The summed E-state index contributed by atoms with van der Waals surface area (Å²) < 4.78 is 14.8. The lowest BCUT2D eigenvalue weighted by atomic mass is 10.1. The molecule has 1 heterocycles. The molecule has 0 unspecified atom stereocenters. The lowest BCUT2D eigenvalue weighted by Gasteiger charge is -2.17. The molecule has 0 aliphatic heterocycles. The first-order valence-electron chi connectivity index (χ1n) is 11.2. The van der Waals surface area contributed by atoms with Crippen molar-refractivity contribution < 1.29 is 9.47 Å². The average Bonchev–Trinajstić information content (AvgIpc) is 2.80. The lowest BCUT2D eigenvalue weighted by molar-refractivity contribution is 0.203. The highest BCUT2D eigenvalue weighted by atomic mass is 79.9. The number of ether oxygens (including phenoxy) is 2. The molecule has 0 bridgehead atoms. The predicted octanol–water partition coefficient (Wildman–Crippen LogP) is 6.89. The van der Waals surface area contributed by atoms with E-state index in [2.05, 4.69) is 50.8 Å². The van der Waals surface area contributed by atoms with Gasteiger partial charge in [0.2, 0.25) is 0 Å². The molecule has 2 atom stereocenters. The van der Waals surface area contributed by atoms with Crippen LogP contribution >= 0.6 is 31.9 Å². The van der Waals surface area contributed by atoms with Crippen LogP contribution in [0, 0.1) is 0 Å². The van der Waals surface area contributed by atoms with Crippen molar-refractivity contribution in [3.05, 3.63) is 61.0 Å². The third-order valence-electron chi connectivity index (χ3n) is 5.46. The number of fused-ring (bicyclic) bond motifs is 1. The Labute approximate surface area is 211 Å². The van der Waals surface area contributed by atoms with E-state index < -0.39 is 0 Å². The maximum Gasteiger partial charge on any atom is 0.282 e. The number of hydrogen-bond acceptors (Lipinski definition) is 5. The third kappa shape index (κ3) is 5.84. The van der Waals surface area contributed by atoms with Crippen LogP contribution in [0.4, 0.5) is 0 Å². The number of aromatic nitrogens is 2. The van der Waals surface area contributed by atoms with Gasteiger partial charge in [-0.05, 0) is 73.0 Å². The first-order chi connectivity index (χ1) is 15.8. The van der Waals surface area contributed by atoms with Crippen LogP contribution in [-0.4, -0.2) is 28.6 Å². The van der Waals surface area contributed by atoms with Crippen molar-refractivity contribution in [1.82, 2.24) is 9.66 Å². The second kappa shape index (κ2) is 11.3. The van der Waals surface area contributed by atoms with E-state index in [1.54, 1.807) is 12.3 Å². The molecule has 6 nitrogen and oxygen atoms in total. The van der Waals surface area contributed by atoms with Crippen LogP contribution in [0.15, 0.2) is 49.2 Å². The van der Waals surface area contributed by atoms with Crippen molar-refractivity contribution in [3.63, 3.8) is 0 Å². The molecule has 33 heavy (non-hydrogen) atoms. The Balaban J connectivity index is 2.12. The summed E-state index contributed by atoms with van der Waals surface area (Å²) in [4.78, 5) is 18.1. The van der Waals surface area contributed by atoms with Crippen LogP contribution in [0.1, 0.15) is 64.8 Å². The van der Waals surface area contributed by atoms with E-state index >= 15 is 0 Å². The normalized spacial score (nSPS) is 13.4. The Bertz CT molecular complexity index is 1220. The predicted molar refractivity (Wildman–Crippen MR) is 141 cm³/mol. The van der Waals surface area contributed by atoms with Gasteiger partial charge < -0.3 is 9.47 Å². The molecular weight excluding hydrogens is 550 g/mol. The van der Waals surface area contributed by atoms with Gasteiger partial charge in [-0.15, -0.1) is 0 Å². The van der Waals surface area contributed by atoms with E-state index in [0.717, 1.165) is 27.4 Å². The Hall–Kier alpha value is -2.19. The Morgan fingerprint density at radius 2 is 1.85 bits per heavy atom. The van der Waals surface area contributed by atoms with Crippen LogP contribution in [0.5, 0.6) is 11.5 Å². The van der Waals surface area contributed by atoms with Gasteiger partial charge in [-0.1, -0.05) is 36.7 Å². The average molecular weight is 579 g/mol. The number of hydrogen-bond donors (Lipinski definition) is 0. The Morgan fingerprint density at radius 1 is 1.09 bits per heavy atom. The number of benzene rings is 2. The molecule has 0 amide bonds. The van der Waals surface area contributed by atoms with Gasteiger partial charge in [-0.3, -0.25) is 4.79 Å². The van der Waals surface area contributed by atoms with Gasteiger partial charge in [0.1, 0.15) is 5.82 Å². The fraction of sp³-hybridized carbons (Fsp3) is 0.400. The fourth-order valence-corrected chi connectivity index (χ4v) is 4.00. The zero-order valence-electron chi connectivity index (χ0n) is 19.6. The van der Waals surface area contributed by atoms with Gasteiger partial charge in [0, 0.05) is 20.4 Å². The molecule has 0 N–H and O–H groups in total. The van der Waals surface area contributed by atoms with Crippen molar-refractivity contribution in [2.45, 2.75) is 59.5 Å². The molecule has 3 aromatic rings. The molecule has 0 spiro atoms. The van der Waals surface area contributed by atoms with Gasteiger partial charge in [-0.25, -0.2) is 4.98 Å². The first-order valence-corrected chi connectivity index (χ1v) is 12.8. The van der Waals surface area contributed by atoms with E-state index in [-0.39, 0.29) is 17.6 Å². The van der Waals surface area contributed by atoms with Crippen molar-refractivity contribution in [2.24, 2.45) is 5.10 Å². The summed E-state index contributed by atoms with van der Waals surface area (Å²) in [6.07, 6.45) is 3.44. The van der Waals surface area contributed by atoms with Gasteiger partial charge in [0.15, 0.2) is 11.5 Å². The van der Waals surface area contributed by atoms with Gasteiger partial charge in [-0.2, -0.15) is 9.78 Å². The van der Waals surface area contributed by atoms with Crippen molar-refractivity contribution >= 4 is 49.0 Å². The minimum atomic E-state index is -0.203. The first kappa shape index (κ1) is 25.4. The molecule has 0 aliphatic rings. The summed E-state index contributed by atoms with van der Waals surface area (Å²) >= 11 is 7.05. The summed E-state index contributed by atoms with van der Waals surface area (Å²) in [6, 6.07) is 9.27. The molecule has 0 radical (unpaired) electrons. The van der Waals surface area contributed by atoms with E-state index in [9.17, 15) is 4.79 Å². The molecule has 8 heteroatoms. The van der Waals surface area contributed by atoms with Crippen LogP contribution in [0.25, 0.3) is 10.9 Å². The molecule has 0 aliphatic carbocycles. The minimum Gasteiger partial charge on any atom is -0.490 e. The van der Waals surface area contributed by atoms with Crippen molar-refractivity contribution in [2.75, 3.05) is 6.61 Å². The van der Waals surface area contributed by atoms with Crippen molar-refractivity contribution in [3.8, 4) is 11.5 Å². The fourth-order valence-electron chi connectivity index (χ4n) is 3.21. The topological polar surface area (TPSA) is 65.7 Å². The second-order valence-electron chi connectivity index (χ2n) is 7.89. The molecule has 3 rings (SSSR count). The maximum atomic E-state index is 13.3. The molecule has 176 valence electrons. The summed E-state index contributed by atoms with van der Waals surface area (Å²) in [5.41, 5.74) is 1.23. The molecule has 2 aromatic carbocycles. The standard InChI is InChI=1S/C25H29Br2N3O3/c1-6-15(4)24-29-21-10-9-18(26)12-19(21)25(31)30(24)28-14-17-11-22(32-8-3)23(13-20(17)27)33-16(5)7-2/h9-16H,6-8H2,1-5H3/t15-,16+/m1/s1. The van der Waals surface area contributed by atoms with E-state index in [0.29, 0.717) is 34.8 Å². The van der Waals surface area contributed by atoms with Crippen LogP contribution in [0.3, 0.4) is 0 Å². The second-order valence-corrected chi connectivity index (χ2v) is 9.66. The van der Waals surface area contributed by atoms with Gasteiger partial charge in [0.25, 0.3) is 5.56 Å². The summed E-state index contributed by atoms with van der Waals surface area (Å²) in [7, 11) is 0. The Kier molecular flexibility index (Phi) is 8.70. The maximum absolute atomic E-state index is 13.3. The van der Waals surface area contributed by atoms with Gasteiger partial charge in [0.05, 0.1) is 29.8 Å². The molecular formula is C25H29Br2N3O3. The van der Waals surface area contributed by atoms with Crippen LogP contribution in [0.2, 0.25) is 0 Å². The van der Waals surface area contributed by atoms with Gasteiger partial charge >= 0.3 is 0 Å². The molecule has 0 saturated carbocycles. The van der Waals surface area contributed by atoms with Crippen LogP contribution in [-0.2, 0) is 0 Å². The monoisotopic (exact) mass is 577 g/mol.